The Morgan fingerprint density at radius 2 is 1.73 bits per heavy atom. The minimum absolute atomic E-state index is 0.0607. The smallest absolute Gasteiger partial charge is 0.226 e. The van der Waals surface area contributed by atoms with Crippen molar-refractivity contribution in [2.45, 2.75) is 44.4 Å². The first-order chi connectivity index (χ1) is 14.2. The number of thiazole rings is 1. The van der Waals surface area contributed by atoms with Crippen LogP contribution >= 0.6 is 11.3 Å². The van der Waals surface area contributed by atoms with Gasteiger partial charge in [-0.3, -0.25) is 4.79 Å². The van der Waals surface area contributed by atoms with Crippen LogP contribution in [0.25, 0.3) is 11.3 Å². The Balaban J connectivity index is 1.52. The molecule has 2 aromatic carbocycles. The van der Waals surface area contributed by atoms with Crippen molar-refractivity contribution >= 4 is 32.2 Å². The van der Waals surface area contributed by atoms with Gasteiger partial charge in [0.1, 0.15) is 0 Å². The summed E-state index contributed by atoms with van der Waals surface area (Å²) in [5.74, 6) is 0.179. The van der Waals surface area contributed by atoms with Gasteiger partial charge >= 0.3 is 0 Å². The minimum Gasteiger partial charge on any atom is -0.302 e. The number of benzene rings is 2. The Labute approximate surface area is 182 Å². The summed E-state index contributed by atoms with van der Waals surface area (Å²) < 4.78 is 24.7. The summed E-state index contributed by atoms with van der Waals surface area (Å²) in [6.45, 7) is 6.21. The molecule has 30 heavy (non-hydrogen) atoms. The minimum atomic E-state index is -3.38. The first-order valence-corrected chi connectivity index (χ1v) is 12.4. The second-order valence-corrected chi connectivity index (χ2v) is 10.6. The van der Waals surface area contributed by atoms with E-state index in [0.717, 1.165) is 16.8 Å². The molecular weight excluding hydrogens is 416 g/mol. The van der Waals surface area contributed by atoms with Gasteiger partial charge in [-0.2, -0.15) is 0 Å². The third kappa shape index (κ3) is 5.77. The van der Waals surface area contributed by atoms with E-state index in [-0.39, 0.29) is 24.5 Å². The number of carbonyl (C=O) groups is 1. The molecule has 1 heterocycles. The second kappa shape index (κ2) is 9.53. The molecule has 0 aliphatic heterocycles. The standard InChI is InChI=1S/C23H26N2O3S2/c1-16(2)18-8-10-19(11-9-18)21-15-29-23(24-21)25-22(26)5-4-14-30(27,28)20-12-6-17(3)7-13-20/h6-13,15-16H,4-5,14H2,1-3H3,(H,24,25,26). The van der Waals surface area contributed by atoms with Crippen LogP contribution in [0, 0.1) is 6.92 Å². The lowest BCUT2D eigenvalue weighted by Gasteiger charge is -2.06. The molecule has 1 amide bonds. The number of hydrogen-bond donors (Lipinski definition) is 1. The number of rotatable bonds is 8. The van der Waals surface area contributed by atoms with Crippen LogP contribution in [0.3, 0.4) is 0 Å². The van der Waals surface area contributed by atoms with Crippen LogP contribution < -0.4 is 5.32 Å². The summed E-state index contributed by atoms with van der Waals surface area (Å²) in [4.78, 5) is 17.0. The summed E-state index contributed by atoms with van der Waals surface area (Å²) in [6, 6.07) is 15.0. The van der Waals surface area contributed by atoms with Crippen LogP contribution in [-0.2, 0) is 14.6 Å². The zero-order chi connectivity index (χ0) is 21.7. The molecule has 0 fully saturated rings. The van der Waals surface area contributed by atoms with Crippen LogP contribution in [0.5, 0.6) is 0 Å². The van der Waals surface area contributed by atoms with Crippen molar-refractivity contribution in [2.24, 2.45) is 0 Å². The van der Waals surface area contributed by atoms with Crippen LogP contribution in [0.1, 0.15) is 43.7 Å². The third-order valence-electron chi connectivity index (χ3n) is 4.82. The maximum Gasteiger partial charge on any atom is 0.226 e. The van der Waals surface area contributed by atoms with Crippen molar-refractivity contribution < 1.29 is 13.2 Å². The molecule has 3 rings (SSSR count). The van der Waals surface area contributed by atoms with E-state index in [0.29, 0.717) is 15.9 Å². The Hall–Kier alpha value is -2.51. The van der Waals surface area contributed by atoms with Gasteiger partial charge in [-0.1, -0.05) is 55.8 Å². The zero-order valence-corrected chi connectivity index (χ0v) is 19.0. The SMILES string of the molecule is Cc1ccc(S(=O)(=O)CCCC(=O)Nc2nc(-c3ccc(C(C)C)cc3)cs2)cc1. The monoisotopic (exact) mass is 442 g/mol. The number of sulfone groups is 1. The zero-order valence-electron chi connectivity index (χ0n) is 17.4. The molecule has 0 atom stereocenters. The molecule has 0 spiro atoms. The lowest BCUT2D eigenvalue weighted by molar-refractivity contribution is -0.116. The highest BCUT2D eigenvalue weighted by Crippen LogP contribution is 2.26. The van der Waals surface area contributed by atoms with E-state index in [4.69, 9.17) is 0 Å². The van der Waals surface area contributed by atoms with Gasteiger partial charge in [0.15, 0.2) is 15.0 Å². The Morgan fingerprint density at radius 1 is 1.07 bits per heavy atom. The van der Waals surface area contributed by atoms with E-state index >= 15 is 0 Å². The quantitative estimate of drug-likeness (QED) is 0.504. The van der Waals surface area contributed by atoms with Crippen molar-refractivity contribution in [3.8, 4) is 11.3 Å². The van der Waals surface area contributed by atoms with Gasteiger partial charge in [-0.05, 0) is 37.0 Å². The van der Waals surface area contributed by atoms with Gasteiger partial charge in [-0.15, -0.1) is 11.3 Å². The van der Waals surface area contributed by atoms with E-state index < -0.39 is 9.84 Å². The topological polar surface area (TPSA) is 76.1 Å². The molecule has 0 unspecified atom stereocenters. The first kappa shape index (κ1) is 22.2. The van der Waals surface area contributed by atoms with Crippen molar-refractivity contribution in [3.05, 3.63) is 65.0 Å². The Morgan fingerprint density at radius 3 is 2.37 bits per heavy atom. The molecule has 0 aliphatic rings. The lowest BCUT2D eigenvalue weighted by Crippen LogP contribution is -2.14. The number of aromatic nitrogens is 1. The molecule has 3 aromatic rings. The van der Waals surface area contributed by atoms with Crippen LogP contribution in [0.2, 0.25) is 0 Å². The molecule has 5 nitrogen and oxygen atoms in total. The van der Waals surface area contributed by atoms with Gasteiger partial charge in [0.25, 0.3) is 0 Å². The number of nitrogens with zero attached hydrogens (tertiary/aromatic N) is 1. The average molecular weight is 443 g/mol. The normalized spacial score (nSPS) is 11.6. The predicted octanol–water partition coefficient (Wildman–Crippen LogP) is 5.43. The van der Waals surface area contributed by atoms with E-state index in [1.807, 2.05) is 24.4 Å². The number of hydrogen-bond acceptors (Lipinski definition) is 5. The molecule has 0 saturated carbocycles. The van der Waals surface area contributed by atoms with Gasteiger partial charge in [0, 0.05) is 17.4 Å². The molecular formula is C23H26N2O3S2. The summed E-state index contributed by atoms with van der Waals surface area (Å²) in [7, 11) is -3.38. The van der Waals surface area contributed by atoms with E-state index in [2.05, 4.69) is 36.3 Å². The number of carbonyl (C=O) groups excluding carboxylic acids is 1. The Bertz CT molecular complexity index is 1100. The largest absolute Gasteiger partial charge is 0.302 e. The predicted molar refractivity (Wildman–Crippen MR) is 123 cm³/mol. The first-order valence-electron chi connectivity index (χ1n) is 9.90. The van der Waals surface area contributed by atoms with Crippen LogP contribution in [-0.4, -0.2) is 25.1 Å². The van der Waals surface area contributed by atoms with Crippen molar-refractivity contribution in [1.82, 2.24) is 4.98 Å². The fourth-order valence-electron chi connectivity index (χ4n) is 2.97. The summed E-state index contributed by atoms with van der Waals surface area (Å²) >= 11 is 1.36. The molecule has 1 N–H and O–H groups in total. The average Bonchev–Trinajstić information content (AvgIpc) is 3.16. The van der Waals surface area contributed by atoms with Gasteiger partial charge in [0.05, 0.1) is 16.3 Å². The maximum atomic E-state index is 12.4. The fraction of sp³-hybridized carbons (Fsp3) is 0.304. The lowest BCUT2D eigenvalue weighted by atomic mass is 10.0. The molecule has 0 aliphatic carbocycles. The summed E-state index contributed by atoms with van der Waals surface area (Å²) in [6.07, 6.45) is 0.389. The molecule has 0 saturated heterocycles. The van der Waals surface area contributed by atoms with Crippen LogP contribution in [0.15, 0.2) is 58.8 Å². The van der Waals surface area contributed by atoms with Crippen LogP contribution in [0.4, 0.5) is 5.13 Å². The Kier molecular flexibility index (Phi) is 7.05. The maximum absolute atomic E-state index is 12.4. The molecule has 0 radical (unpaired) electrons. The van der Waals surface area contributed by atoms with E-state index in [9.17, 15) is 13.2 Å². The van der Waals surface area contributed by atoms with E-state index in [1.54, 1.807) is 24.3 Å². The molecule has 0 bridgehead atoms. The number of amides is 1. The molecule has 1 aromatic heterocycles. The highest BCUT2D eigenvalue weighted by Gasteiger charge is 2.15. The van der Waals surface area contributed by atoms with Gasteiger partial charge in [0.2, 0.25) is 5.91 Å². The molecule has 7 heteroatoms. The second-order valence-electron chi connectivity index (χ2n) is 7.60. The summed E-state index contributed by atoms with van der Waals surface area (Å²) in [5, 5.41) is 5.19. The van der Waals surface area contributed by atoms with E-state index in [1.165, 1.54) is 16.9 Å². The molecule has 158 valence electrons. The van der Waals surface area contributed by atoms with Gasteiger partial charge in [-0.25, -0.2) is 13.4 Å². The van der Waals surface area contributed by atoms with Crippen molar-refractivity contribution in [1.29, 1.82) is 0 Å². The number of anilines is 1. The van der Waals surface area contributed by atoms with Crippen molar-refractivity contribution in [2.75, 3.05) is 11.1 Å². The van der Waals surface area contributed by atoms with Gasteiger partial charge < -0.3 is 5.32 Å². The number of aryl methyl sites for hydroxylation is 1. The highest BCUT2D eigenvalue weighted by molar-refractivity contribution is 7.91. The third-order valence-corrected chi connectivity index (χ3v) is 7.39. The fourth-order valence-corrected chi connectivity index (χ4v) is 5.02. The van der Waals surface area contributed by atoms with Crippen molar-refractivity contribution in [3.63, 3.8) is 0 Å². The summed E-state index contributed by atoms with van der Waals surface area (Å²) in [5.41, 5.74) is 4.09. The highest BCUT2D eigenvalue weighted by atomic mass is 32.2. The number of nitrogens with one attached hydrogen (secondary N) is 1.